The topological polar surface area (TPSA) is 115 Å². The Labute approximate surface area is 85.7 Å². The van der Waals surface area contributed by atoms with Crippen LogP contribution < -0.4 is 22.7 Å². The highest BCUT2D eigenvalue weighted by atomic mass is 19.1. The van der Waals surface area contributed by atoms with E-state index in [1.54, 1.807) is 6.07 Å². The third kappa shape index (κ3) is 3.61. The molecule has 0 unspecified atom stereocenters. The molecule has 15 heavy (non-hydrogen) atoms. The SMILES string of the molecule is NN/C(N)=N/C(N)=Nc1cccc(F)c1. The minimum Gasteiger partial charge on any atom is -0.368 e. The molecular weight excluding hydrogens is 199 g/mol. The Morgan fingerprint density at radius 1 is 1.33 bits per heavy atom. The Bertz CT molecular complexity index is 400. The molecule has 0 aliphatic rings. The Balaban J connectivity index is 2.88. The van der Waals surface area contributed by atoms with Crippen LogP contribution in [0, 0.1) is 5.82 Å². The van der Waals surface area contributed by atoms with Crippen LogP contribution in [0.1, 0.15) is 0 Å². The van der Waals surface area contributed by atoms with Crippen molar-refractivity contribution in [2.75, 3.05) is 0 Å². The van der Waals surface area contributed by atoms with Gasteiger partial charge >= 0.3 is 0 Å². The Hall–Kier alpha value is -2.15. The highest BCUT2D eigenvalue weighted by Gasteiger charge is 1.95. The number of benzene rings is 1. The van der Waals surface area contributed by atoms with Gasteiger partial charge in [0.25, 0.3) is 0 Å². The molecule has 0 aromatic heterocycles. The molecule has 0 amide bonds. The van der Waals surface area contributed by atoms with Crippen LogP contribution in [0.3, 0.4) is 0 Å². The van der Waals surface area contributed by atoms with E-state index in [4.69, 9.17) is 17.3 Å². The van der Waals surface area contributed by atoms with Gasteiger partial charge in [0.1, 0.15) is 5.82 Å². The Morgan fingerprint density at radius 3 is 2.67 bits per heavy atom. The number of aliphatic imine (C=N–C) groups is 2. The maximum atomic E-state index is 12.7. The van der Waals surface area contributed by atoms with E-state index in [0.29, 0.717) is 5.69 Å². The summed E-state index contributed by atoms with van der Waals surface area (Å²) in [5.74, 6) is 4.37. The lowest BCUT2D eigenvalue weighted by molar-refractivity contribution is 0.628. The number of halogens is 1. The van der Waals surface area contributed by atoms with Gasteiger partial charge in [-0.1, -0.05) is 6.07 Å². The number of nitrogens with two attached hydrogens (primary N) is 3. The number of nitrogens with one attached hydrogen (secondary N) is 1. The van der Waals surface area contributed by atoms with Crippen LogP contribution in [0.25, 0.3) is 0 Å². The first-order valence-corrected chi connectivity index (χ1v) is 4.02. The number of hydrogen-bond donors (Lipinski definition) is 4. The first kappa shape index (κ1) is 10.9. The zero-order chi connectivity index (χ0) is 11.3. The molecule has 0 aliphatic carbocycles. The molecule has 7 heteroatoms. The first-order valence-electron chi connectivity index (χ1n) is 4.02. The van der Waals surface area contributed by atoms with Crippen molar-refractivity contribution in [3.63, 3.8) is 0 Å². The summed E-state index contributed by atoms with van der Waals surface area (Å²) in [6.07, 6.45) is 0. The number of hydrazine groups is 1. The van der Waals surface area contributed by atoms with E-state index in [-0.39, 0.29) is 11.9 Å². The lowest BCUT2D eigenvalue weighted by atomic mass is 10.3. The van der Waals surface area contributed by atoms with Gasteiger partial charge in [-0.3, -0.25) is 5.43 Å². The monoisotopic (exact) mass is 210 g/mol. The highest BCUT2D eigenvalue weighted by molar-refractivity contribution is 5.94. The molecule has 0 heterocycles. The minimum atomic E-state index is -0.405. The van der Waals surface area contributed by atoms with Crippen molar-refractivity contribution in [3.05, 3.63) is 30.1 Å². The fourth-order valence-corrected chi connectivity index (χ4v) is 0.859. The maximum absolute atomic E-state index is 12.7. The zero-order valence-electron chi connectivity index (χ0n) is 7.81. The second-order valence-electron chi connectivity index (χ2n) is 2.59. The first-order chi connectivity index (χ1) is 7.11. The molecule has 1 aromatic rings. The van der Waals surface area contributed by atoms with Gasteiger partial charge < -0.3 is 11.5 Å². The third-order valence-corrected chi connectivity index (χ3v) is 1.43. The van der Waals surface area contributed by atoms with E-state index in [2.05, 4.69) is 15.4 Å². The van der Waals surface area contributed by atoms with Crippen LogP contribution in [0.15, 0.2) is 34.3 Å². The molecule has 0 atom stereocenters. The number of rotatable bonds is 1. The van der Waals surface area contributed by atoms with E-state index in [1.807, 2.05) is 0 Å². The summed E-state index contributed by atoms with van der Waals surface area (Å²) >= 11 is 0. The number of hydrogen-bond acceptors (Lipinski definition) is 2. The predicted octanol–water partition coefficient (Wildman–Crippen LogP) is -0.450. The normalized spacial score (nSPS) is 12.7. The van der Waals surface area contributed by atoms with E-state index in [0.717, 1.165) is 0 Å². The average Bonchev–Trinajstić information content (AvgIpc) is 2.17. The fraction of sp³-hybridized carbons (Fsp3) is 0. The van der Waals surface area contributed by atoms with Crippen molar-refractivity contribution in [1.29, 1.82) is 0 Å². The molecule has 80 valence electrons. The smallest absolute Gasteiger partial charge is 0.223 e. The van der Waals surface area contributed by atoms with Crippen molar-refractivity contribution in [2.24, 2.45) is 27.3 Å². The van der Waals surface area contributed by atoms with Gasteiger partial charge in [0, 0.05) is 0 Å². The Morgan fingerprint density at radius 2 is 2.07 bits per heavy atom. The van der Waals surface area contributed by atoms with Gasteiger partial charge in [-0.25, -0.2) is 15.2 Å². The summed E-state index contributed by atoms with van der Waals surface area (Å²) in [6.45, 7) is 0. The zero-order valence-corrected chi connectivity index (χ0v) is 7.81. The maximum Gasteiger partial charge on any atom is 0.223 e. The van der Waals surface area contributed by atoms with Gasteiger partial charge in [-0.05, 0) is 18.2 Å². The number of nitrogens with zero attached hydrogens (tertiary/aromatic N) is 2. The quantitative estimate of drug-likeness (QED) is 0.217. The highest BCUT2D eigenvalue weighted by Crippen LogP contribution is 2.12. The summed E-state index contributed by atoms with van der Waals surface area (Å²) in [5, 5.41) is 0. The molecule has 0 saturated carbocycles. The standard InChI is InChI=1S/C8H11FN6/c9-5-2-1-3-6(4-5)13-7(10)14-8(11)15-12/h1-4H,12H2,(H5,10,11,13,14,15). The van der Waals surface area contributed by atoms with Crippen LogP contribution >= 0.6 is 0 Å². The van der Waals surface area contributed by atoms with Crippen molar-refractivity contribution < 1.29 is 4.39 Å². The minimum absolute atomic E-state index is 0.0762. The van der Waals surface area contributed by atoms with Crippen LogP contribution in [-0.2, 0) is 0 Å². The van der Waals surface area contributed by atoms with Gasteiger partial charge in [-0.2, -0.15) is 4.99 Å². The van der Waals surface area contributed by atoms with Crippen LogP contribution in [0.4, 0.5) is 10.1 Å². The molecule has 0 bridgehead atoms. The van der Waals surface area contributed by atoms with Crippen molar-refractivity contribution in [3.8, 4) is 0 Å². The lowest BCUT2D eigenvalue weighted by Gasteiger charge is -1.98. The summed E-state index contributed by atoms with van der Waals surface area (Å²) < 4.78 is 12.7. The number of guanidine groups is 2. The van der Waals surface area contributed by atoms with Gasteiger partial charge in [0.15, 0.2) is 0 Å². The second-order valence-corrected chi connectivity index (χ2v) is 2.59. The third-order valence-electron chi connectivity index (χ3n) is 1.43. The molecule has 0 aliphatic heterocycles. The molecular formula is C8H11FN6. The van der Waals surface area contributed by atoms with Crippen molar-refractivity contribution in [2.45, 2.75) is 0 Å². The summed E-state index contributed by atoms with van der Waals surface area (Å²) in [5.41, 5.74) is 13.1. The molecule has 1 aromatic carbocycles. The molecule has 7 N–H and O–H groups in total. The van der Waals surface area contributed by atoms with Crippen LogP contribution in [0.2, 0.25) is 0 Å². The predicted molar refractivity (Wildman–Crippen MR) is 56.6 cm³/mol. The van der Waals surface area contributed by atoms with E-state index >= 15 is 0 Å². The molecule has 6 nitrogen and oxygen atoms in total. The van der Waals surface area contributed by atoms with Gasteiger partial charge in [0.2, 0.25) is 11.9 Å². The van der Waals surface area contributed by atoms with Crippen LogP contribution in [0.5, 0.6) is 0 Å². The summed E-state index contributed by atoms with van der Waals surface area (Å²) in [6, 6.07) is 5.61. The van der Waals surface area contributed by atoms with E-state index in [9.17, 15) is 4.39 Å². The molecule has 0 radical (unpaired) electrons. The second kappa shape index (κ2) is 4.91. The van der Waals surface area contributed by atoms with Crippen LogP contribution in [-0.4, -0.2) is 11.9 Å². The molecule has 0 fully saturated rings. The van der Waals surface area contributed by atoms with Gasteiger partial charge in [-0.15, -0.1) is 0 Å². The molecule has 0 saturated heterocycles. The summed E-state index contributed by atoms with van der Waals surface area (Å²) in [4.78, 5) is 7.38. The lowest BCUT2D eigenvalue weighted by Crippen LogP contribution is -2.38. The molecule has 0 spiro atoms. The van der Waals surface area contributed by atoms with E-state index < -0.39 is 5.82 Å². The largest absolute Gasteiger partial charge is 0.368 e. The summed E-state index contributed by atoms with van der Waals surface area (Å²) in [7, 11) is 0. The average molecular weight is 210 g/mol. The van der Waals surface area contributed by atoms with Gasteiger partial charge in [0.05, 0.1) is 5.69 Å². The molecule has 1 rings (SSSR count). The Kier molecular flexibility index (Phi) is 3.58. The van der Waals surface area contributed by atoms with Crippen molar-refractivity contribution >= 4 is 17.6 Å². The fourth-order valence-electron chi connectivity index (χ4n) is 0.859. The van der Waals surface area contributed by atoms with E-state index in [1.165, 1.54) is 18.2 Å². The van der Waals surface area contributed by atoms with Crippen molar-refractivity contribution in [1.82, 2.24) is 5.43 Å².